The molecule has 2 aromatic rings. The van der Waals surface area contributed by atoms with E-state index in [1.165, 1.54) is 0 Å². The fraction of sp³-hybridized carbons (Fsp3) is 0.550. The van der Waals surface area contributed by atoms with Crippen LogP contribution in [0.4, 0.5) is 0 Å². The van der Waals surface area contributed by atoms with Crippen molar-refractivity contribution in [2.45, 2.75) is 45.1 Å². The summed E-state index contributed by atoms with van der Waals surface area (Å²) in [6.45, 7) is 7.64. The third kappa shape index (κ3) is 2.92. The lowest BCUT2D eigenvalue weighted by Gasteiger charge is -2.19. The molecule has 1 saturated heterocycles. The Bertz CT molecular complexity index is 823. The second kappa shape index (κ2) is 6.20. The molecule has 3 atom stereocenters. The summed E-state index contributed by atoms with van der Waals surface area (Å²) in [5, 5.41) is 4.09. The molecule has 138 valence electrons. The molecule has 6 nitrogen and oxygen atoms in total. The van der Waals surface area contributed by atoms with Gasteiger partial charge in [0.05, 0.1) is 11.1 Å². The molecule has 0 bridgehead atoms. The van der Waals surface area contributed by atoms with Gasteiger partial charge in [0.25, 0.3) is 11.8 Å². The van der Waals surface area contributed by atoms with E-state index in [0.717, 1.165) is 25.9 Å². The number of carbonyl (C=O) groups is 1. The molecule has 2 N–H and O–H groups in total. The summed E-state index contributed by atoms with van der Waals surface area (Å²) < 4.78 is 5.47. The van der Waals surface area contributed by atoms with Gasteiger partial charge in [0, 0.05) is 24.5 Å². The minimum Gasteiger partial charge on any atom is -0.338 e. The number of nitrogens with zero attached hydrogens (tertiary/aromatic N) is 3. The zero-order valence-corrected chi connectivity index (χ0v) is 15.6. The number of nitrogens with two attached hydrogens (primary N) is 1. The predicted molar refractivity (Wildman–Crippen MR) is 98.5 cm³/mol. The summed E-state index contributed by atoms with van der Waals surface area (Å²) >= 11 is 0. The molecule has 3 unspecified atom stereocenters. The highest BCUT2D eigenvalue weighted by Gasteiger charge is 2.43. The molecule has 2 aliphatic rings. The van der Waals surface area contributed by atoms with Crippen LogP contribution in [0.2, 0.25) is 0 Å². The molecule has 1 aromatic carbocycles. The SMILES string of the molecule is CC(C)(C)c1noc(-c2ccccc2C(=O)N2CC3CCC(N)C3C2)n1. The molecular formula is C20H26N4O2. The van der Waals surface area contributed by atoms with Gasteiger partial charge >= 0.3 is 0 Å². The maximum absolute atomic E-state index is 13.2. The van der Waals surface area contributed by atoms with Crippen molar-refractivity contribution in [3.05, 3.63) is 35.7 Å². The van der Waals surface area contributed by atoms with Crippen LogP contribution in [0.3, 0.4) is 0 Å². The third-order valence-corrected chi connectivity index (χ3v) is 5.68. The zero-order valence-electron chi connectivity index (χ0n) is 15.6. The molecule has 1 aliphatic heterocycles. The largest absolute Gasteiger partial charge is 0.338 e. The van der Waals surface area contributed by atoms with Gasteiger partial charge in [-0.3, -0.25) is 4.79 Å². The highest BCUT2D eigenvalue weighted by molar-refractivity contribution is 6.00. The Morgan fingerprint density at radius 2 is 2.00 bits per heavy atom. The summed E-state index contributed by atoms with van der Waals surface area (Å²) in [5.74, 6) is 2.03. The first kappa shape index (κ1) is 17.2. The molecule has 1 aliphatic carbocycles. The monoisotopic (exact) mass is 354 g/mol. The Balaban J connectivity index is 1.62. The van der Waals surface area contributed by atoms with Crippen LogP contribution in [0.25, 0.3) is 11.5 Å². The third-order valence-electron chi connectivity index (χ3n) is 5.68. The molecule has 6 heteroatoms. The summed E-state index contributed by atoms with van der Waals surface area (Å²) in [4.78, 5) is 19.6. The first-order chi connectivity index (χ1) is 12.3. The van der Waals surface area contributed by atoms with Gasteiger partial charge in [-0.05, 0) is 36.8 Å². The Kier molecular flexibility index (Phi) is 4.10. The van der Waals surface area contributed by atoms with E-state index in [1.807, 2.05) is 49.9 Å². The Labute approximate surface area is 153 Å². The van der Waals surface area contributed by atoms with Crippen LogP contribution in [0.15, 0.2) is 28.8 Å². The average Bonchev–Trinajstić information content (AvgIpc) is 3.31. The Morgan fingerprint density at radius 3 is 2.69 bits per heavy atom. The van der Waals surface area contributed by atoms with Crippen molar-refractivity contribution in [1.29, 1.82) is 0 Å². The van der Waals surface area contributed by atoms with Crippen LogP contribution in [-0.4, -0.2) is 40.1 Å². The minimum absolute atomic E-state index is 0.0257. The number of carbonyl (C=O) groups excluding carboxylic acids is 1. The van der Waals surface area contributed by atoms with Crippen LogP contribution in [0, 0.1) is 11.8 Å². The molecule has 0 radical (unpaired) electrons. The second-order valence-corrected chi connectivity index (χ2v) is 8.59. The fourth-order valence-electron chi connectivity index (χ4n) is 4.14. The normalized spacial score (nSPS) is 25.5. The highest BCUT2D eigenvalue weighted by atomic mass is 16.5. The van der Waals surface area contributed by atoms with Crippen molar-refractivity contribution < 1.29 is 9.32 Å². The van der Waals surface area contributed by atoms with Gasteiger partial charge < -0.3 is 15.2 Å². The van der Waals surface area contributed by atoms with Gasteiger partial charge in [-0.1, -0.05) is 38.1 Å². The number of benzene rings is 1. The molecule has 1 aromatic heterocycles. The first-order valence-corrected chi connectivity index (χ1v) is 9.33. The lowest BCUT2D eigenvalue weighted by Crippen LogP contribution is -2.33. The lowest BCUT2D eigenvalue weighted by molar-refractivity contribution is 0.0780. The van der Waals surface area contributed by atoms with Gasteiger partial charge in [-0.25, -0.2) is 0 Å². The Hall–Kier alpha value is -2.21. The van der Waals surface area contributed by atoms with Crippen molar-refractivity contribution in [3.8, 4) is 11.5 Å². The van der Waals surface area contributed by atoms with Crippen molar-refractivity contribution in [1.82, 2.24) is 15.0 Å². The van der Waals surface area contributed by atoms with E-state index in [-0.39, 0.29) is 17.4 Å². The Morgan fingerprint density at radius 1 is 1.23 bits per heavy atom. The molecule has 1 saturated carbocycles. The van der Waals surface area contributed by atoms with E-state index in [0.29, 0.717) is 34.7 Å². The molecule has 1 amide bonds. The standard InChI is InChI=1S/C20H26N4O2/c1-20(2,3)19-22-17(26-23-19)13-6-4-5-7-14(13)18(25)24-10-12-8-9-16(21)15(12)11-24/h4-7,12,15-16H,8-11,21H2,1-3H3. The quantitative estimate of drug-likeness (QED) is 0.896. The van der Waals surface area contributed by atoms with Crippen molar-refractivity contribution in [2.24, 2.45) is 17.6 Å². The van der Waals surface area contributed by atoms with E-state index >= 15 is 0 Å². The van der Waals surface area contributed by atoms with Gasteiger partial charge in [0.2, 0.25) is 0 Å². The van der Waals surface area contributed by atoms with Crippen LogP contribution in [0.5, 0.6) is 0 Å². The van der Waals surface area contributed by atoms with Gasteiger partial charge in [0.15, 0.2) is 5.82 Å². The van der Waals surface area contributed by atoms with Crippen molar-refractivity contribution in [3.63, 3.8) is 0 Å². The van der Waals surface area contributed by atoms with Gasteiger partial charge in [-0.15, -0.1) is 0 Å². The molecular weight excluding hydrogens is 328 g/mol. The number of hydrogen-bond acceptors (Lipinski definition) is 5. The lowest BCUT2D eigenvalue weighted by atomic mass is 9.96. The number of rotatable bonds is 2. The van der Waals surface area contributed by atoms with Crippen LogP contribution in [-0.2, 0) is 5.41 Å². The summed E-state index contributed by atoms with van der Waals surface area (Å²) in [5.41, 5.74) is 7.32. The topological polar surface area (TPSA) is 85.2 Å². The van der Waals surface area contributed by atoms with E-state index < -0.39 is 0 Å². The van der Waals surface area contributed by atoms with E-state index in [4.69, 9.17) is 10.3 Å². The van der Waals surface area contributed by atoms with E-state index in [2.05, 4.69) is 10.1 Å². The summed E-state index contributed by atoms with van der Waals surface area (Å²) in [6, 6.07) is 7.70. The molecule has 4 rings (SSSR count). The van der Waals surface area contributed by atoms with E-state index in [1.54, 1.807) is 0 Å². The summed E-state index contributed by atoms with van der Waals surface area (Å²) in [7, 11) is 0. The number of aromatic nitrogens is 2. The smallest absolute Gasteiger partial charge is 0.258 e. The zero-order chi connectivity index (χ0) is 18.5. The van der Waals surface area contributed by atoms with Crippen LogP contribution in [0.1, 0.15) is 49.8 Å². The summed E-state index contributed by atoms with van der Waals surface area (Å²) in [6.07, 6.45) is 2.20. The average molecular weight is 354 g/mol. The number of amides is 1. The van der Waals surface area contributed by atoms with Crippen molar-refractivity contribution in [2.75, 3.05) is 13.1 Å². The maximum Gasteiger partial charge on any atom is 0.258 e. The van der Waals surface area contributed by atoms with Crippen molar-refractivity contribution >= 4 is 5.91 Å². The van der Waals surface area contributed by atoms with E-state index in [9.17, 15) is 4.79 Å². The number of likely N-dealkylation sites (tertiary alicyclic amines) is 1. The second-order valence-electron chi connectivity index (χ2n) is 8.59. The minimum atomic E-state index is -0.205. The maximum atomic E-state index is 13.2. The predicted octanol–water partition coefficient (Wildman–Crippen LogP) is 2.84. The number of hydrogen-bond donors (Lipinski definition) is 1. The fourth-order valence-corrected chi connectivity index (χ4v) is 4.14. The van der Waals surface area contributed by atoms with Gasteiger partial charge in [0.1, 0.15) is 0 Å². The van der Waals surface area contributed by atoms with Gasteiger partial charge in [-0.2, -0.15) is 4.98 Å². The molecule has 2 fully saturated rings. The molecule has 2 heterocycles. The van der Waals surface area contributed by atoms with Crippen LogP contribution < -0.4 is 5.73 Å². The highest BCUT2D eigenvalue weighted by Crippen LogP contribution is 2.38. The molecule has 26 heavy (non-hydrogen) atoms. The number of fused-ring (bicyclic) bond motifs is 1. The molecule has 0 spiro atoms. The first-order valence-electron chi connectivity index (χ1n) is 9.33. The van der Waals surface area contributed by atoms with Crippen LogP contribution >= 0.6 is 0 Å².